The van der Waals surface area contributed by atoms with E-state index in [1.165, 1.54) is 11.8 Å². The lowest BCUT2D eigenvalue weighted by atomic mass is 10.2. The third-order valence-corrected chi connectivity index (χ3v) is 4.61. The molecular formula is C24H26N6O3. The van der Waals surface area contributed by atoms with Crippen molar-refractivity contribution in [3.8, 4) is 11.4 Å². The fraction of sp³-hybridized carbons (Fsp3) is 0.208. The van der Waals surface area contributed by atoms with Crippen LogP contribution in [0.1, 0.15) is 12.5 Å². The number of nitrogens with one attached hydrogen (secondary N) is 3. The Morgan fingerprint density at radius 2 is 1.52 bits per heavy atom. The van der Waals surface area contributed by atoms with E-state index in [1.54, 1.807) is 13.1 Å². The van der Waals surface area contributed by atoms with Gasteiger partial charge >= 0.3 is 11.8 Å². The van der Waals surface area contributed by atoms with Gasteiger partial charge in [0.25, 0.3) is 0 Å². The molecule has 0 saturated heterocycles. The van der Waals surface area contributed by atoms with Crippen LogP contribution in [0.5, 0.6) is 0 Å². The number of hydrogen-bond donors (Lipinski definition) is 3. The number of benzene rings is 2. The summed E-state index contributed by atoms with van der Waals surface area (Å²) in [5.41, 5.74) is 1.67. The first-order chi connectivity index (χ1) is 15.9. The smallest absolute Gasteiger partial charge is 0.315 e. The summed E-state index contributed by atoms with van der Waals surface area (Å²) in [5, 5.41) is 8.36. The largest absolute Gasteiger partial charge is 0.368 e. The number of amides is 3. The summed E-state index contributed by atoms with van der Waals surface area (Å²) in [7, 11) is 1.57. The molecule has 0 atom stereocenters. The zero-order valence-electron chi connectivity index (χ0n) is 18.5. The number of anilines is 2. The molecule has 0 unspecified atom stereocenters. The van der Waals surface area contributed by atoms with Gasteiger partial charge in [0.15, 0.2) is 5.82 Å². The maximum absolute atomic E-state index is 12.6. The van der Waals surface area contributed by atoms with E-state index in [1.807, 2.05) is 60.7 Å². The fourth-order valence-electron chi connectivity index (χ4n) is 3.02. The average molecular weight is 447 g/mol. The lowest BCUT2D eigenvalue weighted by molar-refractivity contribution is -0.142. The van der Waals surface area contributed by atoms with E-state index >= 15 is 0 Å². The SMILES string of the molecule is CC(=O)NCCNc1cc(NC(=O)C(=O)N(C)Cc2ccccc2)nc(-c2ccccc2)n1. The highest BCUT2D eigenvalue weighted by molar-refractivity contribution is 6.39. The van der Waals surface area contributed by atoms with E-state index in [0.717, 1.165) is 11.1 Å². The highest BCUT2D eigenvalue weighted by atomic mass is 16.2. The van der Waals surface area contributed by atoms with Gasteiger partial charge in [0.2, 0.25) is 5.91 Å². The van der Waals surface area contributed by atoms with Gasteiger partial charge in [-0.25, -0.2) is 9.97 Å². The predicted octanol–water partition coefficient (Wildman–Crippen LogP) is 2.29. The van der Waals surface area contributed by atoms with E-state index in [2.05, 4.69) is 25.9 Å². The third kappa shape index (κ3) is 7.13. The second kappa shape index (κ2) is 11.4. The molecule has 3 aromatic rings. The maximum Gasteiger partial charge on any atom is 0.315 e. The quantitative estimate of drug-likeness (QED) is 0.361. The minimum absolute atomic E-state index is 0.129. The van der Waals surface area contributed by atoms with Gasteiger partial charge in [0.1, 0.15) is 11.6 Å². The van der Waals surface area contributed by atoms with Crippen molar-refractivity contribution in [1.29, 1.82) is 0 Å². The Morgan fingerprint density at radius 3 is 2.18 bits per heavy atom. The molecule has 2 aromatic carbocycles. The minimum Gasteiger partial charge on any atom is -0.368 e. The number of carbonyl (C=O) groups excluding carboxylic acids is 3. The maximum atomic E-state index is 12.6. The molecule has 0 bridgehead atoms. The lowest BCUT2D eigenvalue weighted by Crippen LogP contribution is -2.36. The summed E-state index contributed by atoms with van der Waals surface area (Å²) in [6.45, 7) is 2.58. The van der Waals surface area contributed by atoms with E-state index in [0.29, 0.717) is 31.3 Å². The molecule has 0 aliphatic carbocycles. The van der Waals surface area contributed by atoms with Crippen molar-refractivity contribution in [2.75, 3.05) is 30.8 Å². The number of rotatable bonds is 8. The van der Waals surface area contributed by atoms with Crippen LogP contribution in [0.25, 0.3) is 11.4 Å². The van der Waals surface area contributed by atoms with Crippen LogP contribution in [-0.2, 0) is 20.9 Å². The van der Waals surface area contributed by atoms with Crippen molar-refractivity contribution in [1.82, 2.24) is 20.2 Å². The first-order valence-corrected chi connectivity index (χ1v) is 10.5. The zero-order chi connectivity index (χ0) is 23.6. The van der Waals surface area contributed by atoms with Gasteiger partial charge in [0.05, 0.1) is 0 Å². The Bertz CT molecular complexity index is 1110. The van der Waals surface area contributed by atoms with Crippen LogP contribution < -0.4 is 16.0 Å². The molecule has 0 fully saturated rings. The van der Waals surface area contributed by atoms with E-state index in [4.69, 9.17) is 0 Å². The number of carbonyl (C=O) groups is 3. The van der Waals surface area contributed by atoms with Crippen LogP contribution >= 0.6 is 0 Å². The molecule has 9 nitrogen and oxygen atoms in total. The van der Waals surface area contributed by atoms with Crippen LogP contribution in [-0.4, -0.2) is 52.7 Å². The van der Waals surface area contributed by atoms with E-state index in [9.17, 15) is 14.4 Å². The van der Waals surface area contributed by atoms with Crippen molar-refractivity contribution in [2.45, 2.75) is 13.5 Å². The molecule has 0 radical (unpaired) electrons. The number of likely N-dealkylation sites (N-methyl/N-ethyl adjacent to an activating group) is 1. The molecule has 3 N–H and O–H groups in total. The topological polar surface area (TPSA) is 116 Å². The van der Waals surface area contributed by atoms with E-state index < -0.39 is 11.8 Å². The molecule has 1 aromatic heterocycles. The van der Waals surface area contributed by atoms with Crippen molar-refractivity contribution >= 4 is 29.4 Å². The summed E-state index contributed by atoms with van der Waals surface area (Å²) in [6.07, 6.45) is 0. The second-order valence-electron chi connectivity index (χ2n) is 7.34. The molecule has 3 rings (SSSR count). The van der Waals surface area contributed by atoms with Crippen molar-refractivity contribution in [2.24, 2.45) is 0 Å². The van der Waals surface area contributed by atoms with E-state index in [-0.39, 0.29) is 11.7 Å². The molecule has 170 valence electrons. The van der Waals surface area contributed by atoms with Gasteiger partial charge in [-0.1, -0.05) is 60.7 Å². The van der Waals surface area contributed by atoms with Crippen LogP contribution in [0.4, 0.5) is 11.6 Å². The zero-order valence-corrected chi connectivity index (χ0v) is 18.5. The molecular weight excluding hydrogens is 420 g/mol. The molecule has 33 heavy (non-hydrogen) atoms. The van der Waals surface area contributed by atoms with Crippen LogP contribution in [0, 0.1) is 0 Å². The molecule has 9 heteroatoms. The number of hydrogen-bond acceptors (Lipinski definition) is 6. The van der Waals surface area contributed by atoms with Gasteiger partial charge in [-0.3, -0.25) is 14.4 Å². The normalized spacial score (nSPS) is 10.2. The molecule has 0 aliphatic heterocycles. The summed E-state index contributed by atoms with van der Waals surface area (Å²) in [5.74, 6) is -0.572. The lowest BCUT2D eigenvalue weighted by Gasteiger charge is -2.17. The summed E-state index contributed by atoms with van der Waals surface area (Å²) < 4.78 is 0. The second-order valence-corrected chi connectivity index (χ2v) is 7.34. The van der Waals surface area contributed by atoms with Crippen LogP contribution in [0.3, 0.4) is 0 Å². The van der Waals surface area contributed by atoms with Crippen molar-refractivity contribution < 1.29 is 14.4 Å². The predicted molar refractivity (Wildman–Crippen MR) is 126 cm³/mol. The first kappa shape index (κ1) is 23.4. The highest BCUT2D eigenvalue weighted by Gasteiger charge is 2.20. The highest BCUT2D eigenvalue weighted by Crippen LogP contribution is 2.20. The van der Waals surface area contributed by atoms with Crippen LogP contribution in [0.2, 0.25) is 0 Å². The van der Waals surface area contributed by atoms with Crippen molar-refractivity contribution in [3.05, 3.63) is 72.3 Å². The minimum atomic E-state index is -0.796. The average Bonchev–Trinajstić information content (AvgIpc) is 2.82. The molecule has 0 spiro atoms. The first-order valence-electron chi connectivity index (χ1n) is 10.5. The standard InChI is InChI=1S/C24H26N6O3/c1-17(31)25-13-14-26-20-15-21(28-22(27-20)19-11-7-4-8-12-19)29-23(32)24(33)30(2)16-18-9-5-3-6-10-18/h3-12,15H,13-14,16H2,1-2H3,(H,25,31)(H2,26,27,28,29,32). The van der Waals surface area contributed by atoms with Gasteiger partial charge in [0, 0.05) is 45.2 Å². The molecule has 3 amide bonds. The van der Waals surface area contributed by atoms with Gasteiger partial charge in [-0.15, -0.1) is 0 Å². The molecule has 0 aliphatic rings. The summed E-state index contributed by atoms with van der Waals surface area (Å²) in [4.78, 5) is 46.5. The van der Waals surface area contributed by atoms with Crippen molar-refractivity contribution in [3.63, 3.8) is 0 Å². The summed E-state index contributed by atoms with van der Waals surface area (Å²) >= 11 is 0. The van der Waals surface area contributed by atoms with Crippen LogP contribution in [0.15, 0.2) is 66.7 Å². The van der Waals surface area contributed by atoms with Gasteiger partial charge in [-0.2, -0.15) is 0 Å². The fourth-order valence-corrected chi connectivity index (χ4v) is 3.02. The Hall–Kier alpha value is -4.27. The Kier molecular flexibility index (Phi) is 8.07. The molecule has 0 saturated carbocycles. The Balaban J connectivity index is 1.74. The monoisotopic (exact) mass is 446 g/mol. The third-order valence-electron chi connectivity index (χ3n) is 4.61. The Morgan fingerprint density at radius 1 is 0.879 bits per heavy atom. The van der Waals surface area contributed by atoms with Gasteiger partial charge < -0.3 is 20.9 Å². The number of aromatic nitrogens is 2. The van der Waals surface area contributed by atoms with Gasteiger partial charge in [-0.05, 0) is 5.56 Å². The number of nitrogens with zero attached hydrogens (tertiary/aromatic N) is 3. The summed E-state index contributed by atoms with van der Waals surface area (Å²) in [6, 6.07) is 20.2. The Labute approximate surface area is 192 Å². The molecule has 1 heterocycles.